The van der Waals surface area contributed by atoms with E-state index in [2.05, 4.69) is 53.7 Å². The molecule has 0 saturated heterocycles. The van der Waals surface area contributed by atoms with Crippen LogP contribution in [0.2, 0.25) is 0 Å². The highest BCUT2D eigenvalue weighted by Crippen LogP contribution is 2.16. The summed E-state index contributed by atoms with van der Waals surface area (Å²) in [7, 11) is 0. The van der Waals surface area contributed by atoms with Crippen molar-refractivity contribution in [2.45, 2.75) is 39.8 Å². The molecule has 1 aromatic heterocycles. The Hall–Kier alpha value is -2.69. The highest BCUT2D eigenvalue weighted by atomic mass is 16.2. The van der Waals surface area contributed by atoms with Gasteiger partial charge in [-0.2, -0.15) is 0 Å². The Morgan fingerprint density at radius 3 is 2.52 bits per heavy atom. The molecular formula is C20H24N4O. The SMILES string of the molecule is CC(C)Cc1ccc(C(C)NC(=O)Cn2nnc3ccccc32)cc1. The van der Waals surface area contributed by atoms with Crippen LogP contribution in [0.4, 0.5) is 0 Å². The Balaban J connectivity index is 1.62. The fourth-order valence-electron chi connectivity index (χ4n) is 2.95. The molecule has 0 saturated carbocycles. The van der Waals surface area contributed by atoms with Crippen LogP contribution in [0.5, 0.6) is 0 Å². The van der Waals surface area contributed by atoms with Crippen LogP contribution in [0.15, 0.2) is 48.5 Å². The van der Waals surface area contributed by atoms with Gasteiger partial charge in [0.2, 0.25) is 5.91 Å². The predicted molar refractivity (Wildman–Crippen MR) is 99.1 cm³/mol. The highest BCUT2D eigenvalue weighted by molar-refractivity contribution is 5.80. The normalized spacial score (nSPS) is 12.5. The Morgan fingerprint density at radius 2 is 1.80 bits per heavy atom. The minimum atomic E-state index is -0.0746. The number of aromatic nitrogens is 3. The summed E-state index contributed by atoms with van der Waals surface area (Å²) < 4.78 is 1.63. The minimum Gasteiger partial charge on any atom is -0.348 e. The average molecular weight is 336 g/mol. The molecule has 1 atom stereocenters. The molecule has 1 amide bonds. The van der Waals surface area contributed by atoms with Gasteiger partial charge in [-0.15, -0.1) is 5.10 Å². The first-order valence-corrected chi connectivity index (χ1v) is 8.69. The number of carbonyl (C=O) groups is 1. The molecule has 130 valence electrons. The van der Waals surface area contributed by atoms with Crippen LogP contribution in [0.1, 0.15) is 37.9 Å². The van der Waals surface area contributed by atoms with E-state index in [1.165, 1.54) is 5.56 Å². The molecule has 0 fully saturated rings. The summed E-state index contributed by atoms with van der Waals surface area (Å²) in [6, 6.07) is 16.0. The third-order valence-corrected chi connectivity index (χ3v) is 4.21. The van der Waals surface area contributed by atoms with Gasteiger partial charge in [0.05, 0.1) is 11.6 Å². The molecule has 25 heavy (non-hydrogen) atoms. The summed E-state index contributed by atoms with van der Waals surface area (Å²) in [6.45, 7) is 6.58. The van der Waals surface area contributed by atoms with Gasteiger partial charge in [-0.25, -0.2) is 4.68 Å². The van der Waals surface area contributed by atoms with Gasteiger partial charge in [0.25, 0.3) is 0 Å². The maximum Gasteiger partial charge on any atom is 0.242 e. The standard InChI is InChI=1S/C20H24N4O/c1-14(2)12-16-8-10-17(11-9-16)15(3)21-20(25)13-24-19-7-5-4-6-18(19)22-23-24/h4-11,14-15H,12-13H2,1-3H3,(H,21,25). The molecule has 0 spiro atoms. The quantitative estimate of drug-likeness (QED) is 0.749. The van der Waals surface area contributed by atoms with Crippen LogP contribution in [-0.2, 0) is 17.8 Å². The van der Waals surface area contributed by atoms with Crippen LogP contribution in [0.25, 0.3) is 11.0 Å². The van der Waals surface area contributed by atoms with Crippen molar-refractivity contribution in [2.75, 3.05) is 0 Å². The molecule has 0 radical (unpaired) electrons. The third kappa shape index (κ3) is 4.24. The lowest BCUT2D eigenvalue weighted by atomic mass is 10.00. The first-order valence-electron chi connectivity index (χ1n) is 8.69. The number of para-hydroxylation sites is 1. The zero-order chi connectivity index (χ0) is 17.8. The van der Waals surface area contributed by atoms with E-state index >= 15 is 0 Å². The number of rotatable bonds is 6. The number of fused-ring (bicyclic) bond motifs is 1. The van der Waals surface area contributed by atoms with Crippen LogP contribution >= 0.6 is 0 Å². The molecule has 5 heteroatoms. The van der Waals surface area contributed by atoms with E-state index in [0.29, 0.717) is 5.92 Å². The average Bonchev–Trinajstić information content (AvgIpc) is 2.98. The molecule has 0 aliphatic heterocycles. The number of carbonyl (C=O) groups excluding carboxylic acids is 1. The largest absolute Gasteiger partial charge is 0.348 e. The molecule has 0 aliphatic carbocycles. The fraction of sp³-hybridized carbons (Fsp3) is 0.350. The Morgan fingerprint density at radius 1 is 1.08 bits per heavy atom. The van der Waals surface area contributed by atoms with Crippen LogP contribution < -0.4 is 5.32 Å². The lowest BCUT2D eigenvalue weighted by Crippen LogP contribution is -2.30. The van der Waals surface area contributed by atoms with E-state index in [0.717, 1.165) is 23.0 Å². The van der Waals surface area contributed by atoms with Gasteiger partial charge in [0.15, 0.2) is 0 Å². The highest BCUT2D eigenvalue weighted by Gasteiger charge is 2.12. The van der Waals surface area contributed by atoms with E-state index in [1.54, 1.807) is 4.68 Å². The fourth-order valence-corrected chi connectivity index (χ4v) is 2.95. The lowest BCUT2D eigenvalue weighted by Gasteiger charge is -2.15. The summed E-state index contributed by atoms with van der Waals surface area (Å²) >= 11 is 0. The van der Waals surface area contributed by atoms with Crippen molar-refractivity contribution in [3.8, 4) is 0 Å². The third-order valence-electron chi connectivity index (χ3n) is 4.21. The Labute approximate surface area is 148 Å². The second-order valence-electron chi connectivity index (χ2n) is 6.86. The van der Waals surface area contributed by atoms with Gasteiger partial charge in [-0.3, -0.25) is 4.79 Å². The Kier molecular flexibility index (Phi) is 5.12. The van der Waals surface area contributed by atoms with Gasteiger partial charge < -0.3 is 5.32 Å². The van der Waals surface area contributed by atoms with Gasteiger partial charge >= 0.3 is 0 Å². The van der Waals surface area contributed by atoms with Crippen molar-refractivity contribution in [1.29, 1.82) is 0 Å². The number of hydrogen-bond donors (Lipinski definition) is 1. The molecule has 0 bridgehead atoms. The van der Waals surface area contributed by atoms with E-state index in [9.17, 15) is 4.79 Å². The molecule has 1 heterocycles. The number of nitrogens with one attached hydrogen (secondary N) is 1. The van der Waals surface area contributed by atoms with Crippen molar-refractivity contribution in [2.24, 2.45) is 5.92 Å². The van der Waals surface area contributed by atoms with Crippen molar-refractivity contribution in [3.05, 3.63) is 59.7 Å². The number of hydrogen-bond acceptors (Lipinski definition) is 3. The monoisotopic (exact) mass is 336 g/mol. The van der Waals surface area contributed by atoms with Crippen LogP contribution in [0.3, 0.4) is 0 Å². The summed E-state index contributed by atoms with van der Waals surface area (Å²) in [6.07, 6.45) is 1.07. The predicted octanol–water partition coefficient (Wildman–Crippen LogP) is 3.51. The minimum absolute atomic E-state index is 0.0459. The summed E-state index contributed by atoms with van der Waals surface area (Å²) in [4.78, 5) is 12.4. The van der Waals surface area contributed by atoms with Gasteiger partial charge in [-0.1, -0.05) is 55.5 Å². The molecular weight excluding hydrogens is 312 g/mol. The molecule has 3 aromatic rings. The maximum absolute atomic E-state index is 12.4. The second-order valence-corrected chi connectivity index (χ2v) is 6.86. The molecule has 0 aliphatic rings. The van der Waals surface area contributed by atoms with Crippen molar-refractivity contribution < 1.29 is 4.79 Å². The molecule has 3 rings (SSSR count). The van der Waals surface area contributed by atoms with E-state index < -0.39 is 0 Å². The van der Waals surface area contributed by atoms with Gasteiger partial charge in [-0.05, 0) is 42.5 Å². The summed E-state index contributed by atoms with van der Waals surface area (Å²) in [5, 5.41) is 11.2. The van der Waals surface area contributed by atoms with Crippen molar-refractivity contribution >= 4 is 16.9 Å². The van der Waals surface area contributed by atoms with Gasteiger partial charge in [0.1, 0.15) is 12.1 Å². The molecule has 2 aromatic carbocycles. The zero-order valence-electron chi connectivity index (χ0n) is 14.9. The van der Waals surface area contributed by atoms with Crippen LogP contribution in [0, 0.1) is 5.92 Å². The van der Waals surface area contributed by atoms with Crippen molar-refractivity contribution in [1.82, 2.24) is 20.3 Å². The second kappa shape index (κ2) is 7.47. The van der Waals surface area contributed by atoms with E-state index in [1.807, 2.05) is 31.2 Å². The number of amides is 1. The first-order chi connectivity index (χ1) is 12.0. The van der Waals surface area contributed by atoms with Gasteiger partial charge in [0, 0.05) is 0 Å². The smallest absolute Gasteiger partial charge is 0.242 e. The molecule has 1 unspecified atom stereocenters. The summed E-state index contributed by atoms with van der Waals surface area (Å²) in [5.41, 5.74) is 4.09. The van der Waals surface area contributed by atoms with Crippen LogP contribution in [-0.4, -0.2) is 20.9 Å². The number of benzene rings is 2. The van der Waals surface area contributed by atoms with Crippen molar-refractivity contribution in [3.63, 3.8) is 0 Å². The zero-order valence-corrected chi connectivity index (χ0v) is 14.9. The molecule has 5 nitrogen and oxygen atoms in total. The number of nitrogens with zero attached hydrogens (tertiary/aromatic N) is 3. The first kappa shape index (κ1) is 17.1. The topological polar surface area (TPSA) is 59.8 Å². The molecule has 1 N–H and O–H groups in total. The summed E-state index contributed by atoms with van der Waals surface area (Å²) in [5.74, 6) is 0.565. The van der Waals surface area contributed by atoms with E-state index in [-0.39, 0.29) is 18.5 Å². The van der Waals surface area contributed by atoms with E-state index in [4.69, 9.17) is 0 Å². The Bertz CT molecular complexity index is 852. The lowest BCUT2D eigenvalue weighted by molar-refractivity contribution is -0.122. The maximum atomic E-state index is 12.4.